The lowest BCUT2D eigenvalue weighted by Crippen LogP contribution is -2.70. The van der Waals surface area contributed by atoms with Crippen LogP contribution in [0.5, 0.6) is 40.2 Å². The number of carboxylic acid groups (broad SMARTS) is 1. The van der Waals surface area contributed by atoms with E-state index in [2.05, 4.69) is 47.9 Å². The first-order chi connectivity index (χ1) is 49.2. The molecule has 3 saturated heterocycles. The number of carbonyl (C=O) groups is 9. The summed E-state index contributed by atoms with van der Waals surface area (Å²) in [7, 11) is 2.71. The molecule has 11 bridgehead atoms. The maximum absolute atomic E-state index is 16.2. The molecule has 8 heterocycles. The van der Waals surface area contributed by atoms with Crippen LogP contribution in [0.2, 0.25) is 10.0 Å². The molecule has 34 nitrogen and oxygen atoms in total. The highest BCUT2D eigenvalue weighted by molar-refractivity contribution is 6.32. The number of ether oxygens (including phenoxy) is 7. The third-order valence-corrected chi connectivity index (χ3v) is 19.5. The molecule has 0 radical (unpaired) electrons. The standard InChI is InChI=1S/C68H76Cl2N10O24/c1-25(2)16-35(72-5)58(88)77-50-52(84)28-11-14-38(33(69)18-28)100-41-20-30-21-42(57(41)104-65-55(87)54(86)53(85)43(24-81)102-65)101-39-15-12-29(19-34(39)70)56(103-45-23-67(4)68(97,26(3)99-45)80-66(96)79-67)51-63(93)76-49(64(94)95)31-8-7-9-40(98-6)46(31)32-17-27(10-13-37(32)82)47(60(90)78-51)75-61(91)48(30)74-59(89)36(22-44(71)83)73-62(50)92/h7-15,17-21,25-26,35-36,43,45,47-56,65,72,81-82,84-87,97H,16,22-24H2,1-6H3,(H2,71,83)(H,73,92)(H,74,89)(H,75,91)(H,76,93)(H,77,88)(H,78,90)(H,94,95)(H2,79,80,96)/t26-,35+,36-,43+,45-,47+,48+,49-,50+,51-,52+,53+,54-,55+,56+,65-,67-,68-/m0/s1. The van der Waals surface area contributed by atoms with Crippen molar-refractivity contribution >= 4 is 76.6 Å². The number of methoxy groups -OCH3 is 1. The summed E-state index contributed by atoms with van der Waals surface area (Å²) in [6.07, 6.45) is -18.0. The number of aliphatic hydroxyl groups is 6. The van der Waals surface area contributed by atoms with Gasteiger partial charge in [0.2, 0.25) is 53.4 Å². The van der Waals surface area contributed by atoms with Crippen LogP contribution in [0.4, 0.5) is 4.79 Å². The third kappa shape index (κ3) is 14.9. The number of fused-ring (bicyclic) bond motifs is 16. The van der Waals surface area contributed by atoms with Crippen LogP contribution < -0.4 is 72.5 Å². The topological polar surface area (TPSA) is 514 Å². The largest absolute Gasteiger partial charge is 0.507 e. The van der Waals surface area contributed by atoms with E-state index in [-0.39, 0.29) is 68.0 Å². The molecule has 0 aromatic heterocycles. The molecule has 8 aliphatic rings. The van der Waals surface area contributed by atoms with Crippen molar-refractivity contribution in [2.45, 2.75) is 156 Å². The van der Waals surface area contributed by atoms with Crippen molar-refractivity contribution in [3.05, 3.63) is 123 Å². The number of likely N-dealkylation sites (N-methyl/N-ethyl adjacent to an activating group) is 1. The fourth-order valence-electron chi connectivity index (χ4n) is 13.4. The molecule has 8 aliphatic heterocycles. The van der Waals surface area contributed by atoms with Gasteiger partial charge in [-0.05, 0) is 116 Å². The van der Waals surface area contributed by atoms with Gasteiger partial charge in [0.1, 0.15) is 95.9 Å². The van der Waals surface area contributed by atoms with Crippen molar-refractivity contribution in [3.8, 4) is 51.4 Å². The Hall–Kier alpha value is -9.69. The number of hydrogen-bond donors (Lipinski definition) is 18. The number of phenolic OH excluding ortho intramolecular Hbond substituents is 1. The van der Waals surface area contributed by atoms with E-state index in [0.717, 1.165) is 24.3 Å². The molecule has 36 heteroatoms. The van der Waals surface area contributed by atoms with Crippen molar-refractivity contribution in [2.75, 3.05) is 20.8 Å². The maximum Gasteiger partial charge on any atom is 0.330 e. The quantitative estimate of drug-likeness (QED) is 0.0715. The fourth-order valence-corrected chi connectivity index (χ4v) is 13.8. The van der Waals surface area contributed by atoms with Gasteiger partial charge in [-0.2, -0.15) is 0 Å². The number of phenols is 1. The number of nitrogens with two attached hydrogens (primary N) is 1. The number of halogens is 2. The first kappa shape index (κ1) is 75.5. The lowest BCUT2D eigenvalue weighted by molar-refractivity contribution is -0.287. The second kappa shape index (κ2) is 30.2. The minimum atomic E-state index is -2.32. The third-order valence-electron chi connectivity index (χ3n) is 18.9. The molecule has 9 amide bonds. The first-order valence-electron chi connectivity index (χ1n) is 32.7. The van der Waals surface area contributed by atoms with Crippen LogP contribution in [0.25, 0.3) is 11.1 Å². The van der Waals surface area contributed by atoms with E-state index in [1.807, 2.05) is 13.8 Å². The number of aromatic hydroxyl groups is 1. The lowest BCUT2D eigenvalue weighted by atomic mass is 9.81. The van der Waals surface area contributed by atoms with Gasteiger partial charge in [-0.25, -0.2) is 9.59 Å². The van der Waals surface area contributed by atoms with E-state index in [1.54, 1.807) is 0 Å². The summed E-state index contributed by atoms with van der Waals surface area (Å²) < 4.78 is 44.1. The molecule has 13 rings (SSSR count). The summed E-state index contributed by atoms with van der Waals surface area (Å²) in [4.78, 5) is 132. The van der Waals surface area contributed by atoms with Crippen LogP contribution in [-0.4, -0.2) is 193 Å². The second-order valence-corrected chi connectivity index (χ2v) is 27.2. The molecular weight excluding hydrogens is 1410 g/mol. The fraction of sp³-hybridized carbons (Fsp3) is 0.426. The number of rotatable bonds is 14. The smallest absolute Gasteiger partial charge is 0.330 e. The van der Waals surface area contributed by atoms with Gasteiger partial charge >= 0.3 is 12.0 Å². The Morgan fingerprint density at radius 3 is 2.00 bits per heavy atom. The zero-order chi connectivity index (χ0) is 75.3. The Morgan fingerprint density at radius 1 is 0.740 bits per heavy atom. The predicted molar refractivity (Wildman–Crippen MR) is 359 cm³/mol. The van der Waals surface area contributed by atoms with E-state index in [9.17, 15) is 64.8 Å². The summed E-state index contributed by atoms with van der Waals surface area (Å²) in [5, 5.41) is 113. The maximum atomic E-state index is 16.2. The lowest BCUT2D eigenvalue weighted by Gasteiger charge is -2.48. The number of urea groups is 1. The average molecular weight is 1490 g/mol. The summed E-state index contributed by atoms with van der Waals surface area (Å²) in [6, 6.07) is 2.14. The molecule has 19 N–H and O–H groups in total. The van der Waals surface area contributed by atoms with Gasteiger partial charge in [-0.3, -0.25) is 33.6 Å². The number of nitrogens with one attached hydrogen (secondary N) is 9. The van der Waals surface area contributed by atoms with E-state index >= 15 is 19.2 Å². The summed E-state index contributed by atoms with van der Waals surface area (Å²) >= 11 is 14.3. The molecule has 0 aliphatic carbocycles. The van der Waals surface area contributed by atoms with Crippen LogP contribution in [-0.2, 0) is 52.6 Å². The minimum absolute atomic E-state index is 0.0832. The van der Waals surface area contributed by atoms with Crippen molar-refractivity contribution < 1.29 is 117 Å². The first-order valence-corrected chi connectivity index (χ1v) is 33.4. The summed E-state index contributed by atoms with van der Waals surface area (Å²) in [5.41, 5.74) is 0.503. The number of aliphatic hydroxyl groups excluding tert-OH is 5. The Labute approximate surface area is 601 Å². The molecule has 0 unspecified atom stereocenters. The van der Waals surface area contributed by atoms with Gasteiger partial charge in [-0.1, -0.05) is 67.4 Å². The van der Waals surface area contributed by atoms with Gasteiger partial charge in [-0.15, -0.1) is 0 Å². The number of amides is 9. The van der Waals surface area contributed by atoms with Gasteiger partial charge in [0, 0.05) is 17.5 Å². The Morgan fingerprint density at radius 2 is 1.38 bits per heavy atom. The van der Waals surface area contributed by atoms with Gasteiger partial charge < -0.3 is 128 Å². The number of carbonyl (C=O) groups excluding carboxylic acids is 8. The average Bonchev–Trinajstić information content (AvgIpc) is 1.56. The van der Waals surface area contributed by atoms with Crippen molar-refractivity contribution in [1.29, 1.82) is 0 Å². The van der Waals surface area contributed by atoms with Crippen LogP contribution in [0.1, 0.15) is 105 Å². The monoisotopic (exact) mass is 1490 g/mol. The Balaban J connectivity index is 1.18. The van der Waals surface area contributed by atoms with Crippen LogP contribution in [0.15, 0.2) is 84.9 Å². The SMILES string of the molecule is CN[C@H](CC(C)C)C(=O)N[C@H]1C(=O)N[C@@H](CC(N)=O)C(=O)N[C@H]2C(=O)N[C@H]3C(=O)N[C@H](C(=O)N[C@H](C(=O)O)c4cccc(OC)c4-c4cc3ccc4O)[C@H](O[C@H]3C[C@]4(C)NC(=O)N[C@]4(O)[C@H](C)O3)c3ccc(c(Cl)c3)Oc3cc2cc(c3O[C@@H]2O[C@H](CO)[C@@H](O)[C@H](O)[C@H]2O)Oc2ccc(cc2Cl)[C@H]1O. The second-order valence-electron chi connectivity index (χ2n) is 26.4. The van der Waals surface area contributed by atoms with E-state index in [0.29, 0.717) is 0 Å². The van der Waals surface area contributed by atoms with Crippen LogP contribution in [0, 0.1) is 5.92 Å². The Kier molecular flexibility index (Phi) is 21.9. The number of primary amides is 1. The molecule has 5 aromatic rings. The van der Waals surface area contributed by atoms with Crippen molar-refractivity contribution in [3.63, 3.8) is 0 Å². The van der Waals surface area contributed by atoms with E-state index in [1.165, 1.54) is 88.7 Å². The van der Waals surface area contributed by atoms with E-state index < -0.39 is 215 Å². The highest BCUT2D eigenvalue weighted by atomic mass is 35.5. The number of hydrogen-bond acceptors (Lipinski definition) is 24. The predicted octanol–water partition coefficient (Wildman–Crippen LogP) is 0.385. The highest BCUT2D eigenvalue weighted by Crippen LogP contribution is 2.50. The molecule has 556 valence electrons. The summed E-state index contributed by atoms with van der Waals surface area (Å²) in [6.45, 7) is 5.56. The minimum Gasteiger partial charge on any atom is -0.507 e. The zero-order valence-corrected chi connectivity index (χ0v) is 57.7. The molecule has 104 heavy (non-hydrogen) atoms. The van der Waals surface area contributed by atoms with Gasteiger partial charge in [0.05, 0.1) is 41.8 Å². The van der Waals surface area contributed by atoms with Crippen molar-refractivity contribution in [1.82, 2.24) is 47.9 Å². The molecule has 0 spiro atoms. The molecule has 0 saturated carbocycles. The molecular formula is C68H76Cl2N10O24. The number of carboxylic acids is 1. The molecule has 5 aromatic carbocycles. The van der Waals surface area contributed by atoms with E-state index in [4.69, 9.17) is 62.1 Å². The Bertz CT molecular complexity index is 4250. The van der Waals surface area contributed by atoms with Crippen LogP contribution in [0.3, 0.4) is 0 Å². The number of aliphatic carboxylic acids is 1. The van der Waals surface area contributed by atoms with Crippen molar-refractivity contribution in [2.24, 2.45) is 11.7 Å². The normalized spacial score (nSPS) is 30.0. The molecule has 3 fully saturated rings. The van der Waals surface area contributed by atoms with Gasteiger partial charge in [0.15, 0.2) is 29.6 Å². The molecule has 18 atom stereocenters. The summed E-state index contributed by atoms with van der Waals surface area (Å²) in [5.74, 6) is -13.8. The van der Waals surface area contributed by atoms with Crippen LogP contribution >= 0.6 is 23.2 Å². The van der Waals surface area contributed by atoms with Gasteiger partial charge in [0.25, 0.3) is 0 Å². The highest BCUT2D eigenvalue weighted by Gasteiger charge is 2.63. The zero-order valence-electron chi connectivity index (χ0n) is 56.2. The number of benzene rings is 5.